The summed E-state index contributed by atoms with van der Waals surface area (Å²) in [4.78, 5) is 12.6. The molecule has 0 aliphatic heterocycles. The standard InChI is InChI=1S/C15H14ClFN4/c1-9-5-14-13(6-12(9)17)20-15(10(2)16)21(14)7-11-3-4-18-8-19-11/h3-6,8,10H,7H2,1-2H3. The Morgan fingerprint density at radius 1 is 1.38 bits per heavy atom. The van der Waals surface area contributed by atoms with E-state index >= 15 is 0 Å². The number of fused-ring (bicyclic) bond motifs is 1. The van der Waals surface area contributed by atoms with Crippen molar-refractivity contribution in [1.82, 2.24) is 19.5 Å². The first-order valence-corrected chi connectivity index (χ1v) is 7.05. The van der Waals surface area contributed by atoms with Gasteiger partial charge in [-0.3, -0.25) is 0 Å². The lowest BCUT2D eigenvalue weighted by molar-refractivity contribution is 0.620. The number of aromatic nitrogens is 4. The van der Waals surface area contributed by atoms with Crippen LogP contribution in [0.25, 0.3) is 11.0 Å². The van der Waals surface area contributed by atoms with E-state index in [9.17, 15) is 4.39 Å². The van der Waals surface area contributed by atoms with Crippen LogP contribution in [0.5, 0.6) is 0 Å². The number of benzene rings is 1. The van der Waals surface area contributed by atoms with E-state index in [0.717, 1.165) is 11.2 Å². The maximum Gasteiger partial charge on any atom is 0.128 e. The van der Waals surface area contributed by atoms with Gasteiger partial charge in [-0.15, -0.1) is 11.6 Å². The van der Waals surface area contributed by atoms with Crippen LogP contribution in [0.15, 0.2) is 30.7 Å². The maximum atomic E-state index is 13.7. The summed E-state index contributed by atoms with van der Waals surface area (Å²) in [6, 6.07) is 5.08. The molecule has 0 radical (unpaired) electrons. The summed E-state index contributed by atoms with van der Waals surface area (Å²) in [7, 11) is 0. The van der Waals surface area contributed by atoms with E-state index in [-0.39, 0.29) is 11.2 Å². The lowest BCUT2D eigenvalue weighted by Crippen LogP contribution is -2.07. The van der Waals surface area contributed by atoms with Crippen LogP contribution in [-0.4, -0.2) is 19.5 Å². The molecule has 0 spiro atoms. The zero-order valence-electron chi connectivity index (χ0n) is 11.7. The number of imidazole rings is 1. The van der Waals surface area contributed by atoms with Crippen LogP contribution >= 0.6 is 11.6 Å². The van der Waals surface area contributed by atoms with E-state index in [1.807, 2.05) is 17.6 Å². The van der Waals surface area contributed by atoms with Gasteiger partial charge in [0.05, 0.1) is 28.6 Å². The SMILES string of the molecule is Cc1cc2c(cc1F)nc(C(C)Cl)n2Cc1ccncn1. The molecular weight excluding hydrogens is 291 g/mol. The molecule has 1 aromatic carbocycles. The molecule has 108 valence electrons. The van der Waals surface area contributed by atoms with Crippen molar-refractivity contribution in [1.29, 1.82) is 0 Å². The second-order valence-corrected chi connectivity index (χ2v) is 5.62. The fraction of sp³-hybridized carbons (Fsp3) is 0.267. The Balaban J connectivity index is 2.18. The Hall–Kier alpha value is -2.01. The first-order valence-electron chi connectivity index (χ1n) is 6.61. The molecule has 0 N–H and O–H groups in total. The van der Waals surface area contributed by atoms with Crippen LogP contribution in [0.1, 0.15) is 29.4 Å². The van der Waals surface area contributed by atoms with Gasteiger partial charge >= 0.3 is 0 Å². The number of rotatable bonds is 3. The van der Waals surface area contributed by atoms with Gasteiger partial charge in [-0.05, 0) is 31.5 Å². The molecule has 6 heteroatoms. The molecule has 21 heavy (non-hydrogen) atoms. The number of alkyl halides is 1. The van der Waals surface area contributed by atoms with Gasteiger partial charge in [0.2, 0.25) is 0 Å². The zero-order valence-corrected chi connectivity index (χ0v) is 12.5. The lowest BCUT2D eigenvalue weighted by atomic mass is 10.2. The average molecular weight is 305 g/mol. The fourth-order valence-corrected chi connectivity index (χ4v) is 2.48. The highest BCUT2D eigenvalue weighted by Crippen LogP contribution is 2.27. The molecule has 0 bridgehead atoms. The van der Waals surface area contributed by atoms with Crippen molar-refractivity contribution in [2.24, 2.45) is 0 Å². The van der Waals surface area contributed by atoms with Gasteiger partial charge in [0, 0.05) is 12.3 Å². The molecule has 0 aliphatic rings. The summed E-state index contributed by atoms with van der Waals surface area (Å²) >= 11 is 6.22. The number of aryl methyl sites for hydroxylation is 1. The maximum absolute atomic E-state index is 13.7. The minimum absolute atomic E-state index is 0.261. The Bertz CT molecular complexity index is 783. The van der Waals surface area contributed by atoms with Crippen molar-refractivity contribution in [3.8, 4) is 0 Å². The number of halogens is 2. The lowest BCUT2D eigenvalue weighted by Gasteiger charge is -2.10. The molecule has 3 rings (SSSR count). The third-order valence-corrected chi connectivity index (χ3v) is 3.57. The Morgan fingerprint density at radius 2 is 2.19 bits per heavy atom. The smallest absolute Gasteiger partial charge is 0.128 e. The third-order valence-electron chi connectivity index (χ3n) is 3.38. The monoisotopic (exact) mass is 304 g/mol. The first-order chi connectivity index (χ1) is 10.1. The van der Waals surface area contributed by atoms with Crippen LogP contribution < -0.4 is 0 Å². The minimum Gasteiger partial charge on any atom is -0.321 e. The summed E-state index contributed by atoms with van der Waals surface area (Å²) in [6.45, 7) is 4.11. The van der Waals surface area contributed by atoms with Crippen LogP contribution in [-0.2, 0) is 6.54 Å². The molecule has 0 amide bonds. The third kappa shape index (κ3) is 2.61. The van der Waals surface area contributed by atoms with Crippen molar-refractivity contribution in [3.63, 3.8) is 0 Å². The fourth-order valence-electron chi connectivity index (χ4n) is 2.31. The quantitative estimate of drug-likeness (QED) is 0.694. The van der Waals surface area contributed by atoms with Crippen molar-refractivity contribution in [2.45, 2.75) is 25.8 Å². The molecular formula is C15H14ClFN4. The van der Waals surface area contributed by atoms with E-state index in [1.165, 1.54) is 12.4 Å². The molecule has 3 aromatic rings. The molecule has 4 nitrogen and oxygen atoms in total. The predicted octanol–water partition coefficient (Wildman–Crippen LogP) is 3.62. The molecule has 0 aliphatic carbocycles. The summed E-state index contributed by atoms with van der Waals surface area (Å²) < 4.78 is 15.7. The van der Waals surface area contributed by atoms with Crippen LogP contribution in [0, 0.1) is 12.7 Å². The molecule has 2 heterocycles. The van der Waals surface area contributed by atoms with Gasteiger partial charge in [0.1, 0.15) is 18.0 Å². The summed E-state index contributed by atoms with van der Waals surface area (Å²) in [6.07, 6.45) is 3.19. The molecule has 1 atom stereocenters. The number of hydrogen-bond donors (Lipinski definition) is 0. The Labute approximate surface area is 126 Å². The Kier molecular flexibility index (Phi) is 3.59. The second kappa shape index (κ2) is 5.41. The predicted molar refractivity (Wildman–Crippen MR) is 79.8 cm³/mol. The molecule has 1 unspecified atom stereocenters. The largest absolute Gasteiger partial charge is 0.321 e. The highest BCUT2D eigenvalue weighted by Gasteiger charge is 2.17. The second-order valence-electron chi connectivity index (χ2n) is 4.96. The average Bonchev–Trinajstić information content (AvgIpc) is 2.79. The van der Waals surface area contributed by atoms with Crippen molar-refractivity contribution in [2.75, 3.05) is 0 Å². The van der Waals surface area contributed by atoms with Gasteiger partial charge in [0.15, 0.2) is 0 Å². The minimum atomic E-state index is -0.275. The van der Waals surface area contributed by atoms with E-state index < -0.39 is 0 Å². The topological polar surface area (TPSA) is 43.6 Å². The normalized spacial score (nSPS) is 12.8. The van der Waals surface area contributed by atoms with Crippen molar-refractivity contribution < 1.29 is 4.39 Å². The summed E-state index contributed by atoms with van der Waals surface area (Å²) in [5.41, 5.74) is 2.90. The van der Waals surface area contributed by atoms with E-state index in [1.54, 1.807) is 19.2 Å². The summed E-state index contributed by atoms with van der Waals surface area (Å²) in [5, 5.41) is -0.275. The first kappa shape index (κ1) is 13.9. The van der Waals surface area contributed by atoms with Gasteiger partial charge in [-0.2, -0.15) is 0 Å². The van der Waals surface area contributed by atoms with Gasteiger partial charge in [-0.1, -0.05) is 0 Å². The van der Waals surface area contributed by atoms with Crippen molar-refractivity contribution >= 4 is 22.6 Å². The zero-order chi connectivity index (χ0) is 15.0. The highest BCUT2D eigenvalue weighted by molar-refractivity contribution is 6.20. The van der Waals surface area contributed by atoms with Gasteiger partial charge < -0.3 is 4.57 Å². The van der Waals surface area contributed by atoms with Crippen LogP contribution in [0.3, 0.4) is 0 Å². The molecule has 0 fully saturated rings. The van der Waals surface area contributed by atoms with Gasteiger partial charge in [0.25, 0.3) is 0 Å². The van der Waals surface area contributed by atoms with Gasteiger partial charge in [-0.25, -0.2) is 19.3 Å². The number of hydrogen-bond acceptors (Lipinski definition) is 3. The van der Waals surface area contributed by atoms with Crippen LogP contribution in [0.2, 0.25) is 0 Å². The highest BCUT2D eigenvalue weighted by atomic mass is 35.5. The van der Waals surface area contributed by atoms with E-state index in [2.05, 4.69) is 15.0 Å². The van der Waals surface area contributed by atoms with Crippen LogP contribution in [0.4, 0.5) is 4.39 Å². The molecule has 0 saturated heterocycles. The molecule has 2 aromatic heterocycles. The molecule has 0 saturated carbocycles. The van der Waals surface area contributed by atoms with E-state index in [4.69, 9.17) is 11.6 Å². The Morgan fingerprint density at radius 3 is 2.86 bits per heavy atom. The number of nitrogens with zero attached hydrogens (tertiary/aromatic N) is 4. The van der Waals surface area contributed by atoms with Crippen molar-refractivity contribution in [3.05, 3.63) is 53.6 Å². The summed E-state index contributed by atoms with van der Waals surface area (Å²) in [5.74, 6) is 0.443. The van der Waals surface area contributed by atoms with E-state index in [0.29, 0.717) is 23.4 Å².